The van der Waals surface area contributed by atoms with Crippen molar-refractivity contribution in [1.82, 2.24) is 9.97 Å². The lowest BCUT2D eigenvalue weighted by atomic mass is 9.93. The van der Waals surface area contributed by atoms with Crippen LogP contribution in [0.2, 0.25) is 0 Å². The summed E-state index contributed by atoms with van der Waals surface area (Å²) in [6, 6.07) is 1.84. The average molecular weight is 278 g/mol. The molecule has 104 valence electrons. The number of nitrogens with zero attached hydrogens (tertiary/aromatic N) is 3. The zero-order valence-corrected chi connectivity index (χ0v) is 12.5. The number of hydrogen-bond acceptors (Lipinski definition) is 4. The third-order valence-electron chi connectivity index (χ3n) is 3.69. The van der Waals surface area contributed by atoms with Crippen molar-refractivity contribution in [3.8, 4) is 0 Å². The van der Waals surface area contributed by atoms with E-state index in [1.165, 1.54) is 25.7 Å². The molecule has 2 heterocycles. The molecular formula is C14H22N4S. The zero-order chi connectivity index (χ0) is 13.8. The number of anilines is 1. The van der Waals surface area contributed by atoms with E-state index in [-0.39, 0.29) is 0 Å². The molecule has 19 heavy (non-hydrogen) atoms. The topological polar surface area (TPSA) is 55.0 Å². The maximum Gasteiger partial charge on any atom is 0.226 e. The van der Waals surface area contributed by atoms with Crippen molar-refractivity contribution in [3.63, 3.8) is 0 Å². The fraction of sp³-hybridized carbons (Fsp3) is 0.643. The van der Waals surface area contributed by atoms with Gasteiger partial charge in [-0.2, -0.15) is 0 Å². The van der Waals surface area contributed by atoms with Crippen molar-refractivity contribution in [2.75, 3.05) is 18.0 Å². The third-order valence-corrected chi connectivity index (χ3v) is 3.90. The molecule has 1 aromatic heterocycles. The maximum atomic E-state index is 5.67. The monoisotopic (exact) mass is 278 g/mol. The summed E-state index contributed by atoms with van der Waals surface area (Å²) >= 11 is 5.00. The summed E-state index contributed by atoms with van der Waals surface area (Å²) < 4.78 is 0. The second-order valence-electron chi connectivity index (χ2n) is 5.28. The first-order valence-corrected chi connectivity index (χ1v) is 7.41. The largest absolute Gasteiger partial charge is 0.388 e. The first-order valence-electron chi connectivity index (χ1n) is 7.00. The van der Waals surface area contributed by atoms with Gasteiger partial charge in [-0.05, 0) is 31.7 Å². The van der Waals surface area contributed by atoms with E-state index in [4.69, 9.17) is 18.0 Å². The Morgan fingerprint density at radius 2 is 2.11 bits per heavy atom. The van der Waals surface area contributed by atoms with Crippen LogP contribution in [-0.2, 0) is 0 Å². The van der Waals surface area contributed by atoms with Crippen molar-refractivity contribution >= 4 is 23.2 Å². The van der Waals surface area contributed by atoms with Crippen molar-refractivity contribution in [2.45, 2.75) is 39.5 Å². The van der Waals surface area contributed by atoms with Crippen LogP contribution in [0.5, 0.6) is 0 Å². The van der Waals surface area contributed by atoms with Crippen LogP contribution in [0.4, 0.5) is 5.95 Å². The van der Waals surface area contributed by atoms with Crippen molar-refractivity contribution in [2.24, 2.45) is 11.7 Å². The van der Waals surface area contributed by atoms with Crippen LogP contribution in [0.1, 0.15) is 44.0 Å². The number of nitrogens with two attached hydrogens (primary N) is 1. The quantitative estimate of drug-likeness (QED) is 0.857. The predicted octanol–water partition coefficient (Wildman–Crippen LogP) is 2.44. The van der Waals surface area contributed by atoms with Gasteiger partial charge >= 0.3 is 0 Å². The predicted molar refractivity (Wildman–Crippen MR) is 82.5 cm³/mol. The number of hydrogen-bond donors (Lipinski definition) is 1. The molecule has 1 aromatic rings. The Bertz CT molecular complexity index is 453. The van der Waals surface area contributed by atoms with Gasteiger partial charge in [0.15, 0.2) is 0 Å². The molecule has 1 saturated heterocycles. The van der Waals surface area contributed by atoms with Crippen molar-refractivity contribution in [1.29, 1.82) is 0 Å². The van der Waals surface area contributed by atoms with E-state index in [2.05, 4.69) is 21.8 Å². The summed E-state index contributed by atoms with van der Waals surface area (Å²) in [7, 11) is 0. The molecule has 5 heteroatoms. The smallest absolute Gasteiger partial charge is 0.226 e. The second-order valence-corrected chi connectivity index (χ2v) is 5.72. The van der Waals surface area contributed by atoms with Crippen LogP contribution < -0.4 is 10.6 Å². The van der Waals surface area contributed by atoms with Gasteiger partial charge in [-0.25, -0.2) is 9.97 Å². The normalized spacial score (nSPS) is 16.6. The summed E-state index contributed by atoms with van der Waals surface area (Å²) in [4.78, 5) is 11.6. The van der Waals surface area contributed by atoms with Crippen LogP contribution >= 0.6 is 12.2 Å². The Morgan fingerprint density at radius 1 is 1.42 bits per heavy atom. The molecule has 1 fully saturated rings. The zero-order valence-electron chi connectivity index (χ0n) is 11.7. The molecule has 4 nitrogen and oxygen atoms in total. The average Bonchev–Trinajstić information content (AvgIpc) is 2.39. The van der Waals surface area contributed by atoms with Gasteiger partial charge in [-0.1, -0.05) is 32.0 Å². The van der Waals surface area contributed by atoms with Gasteiger partial charge in [0.2, 0.25) is 5.95 Å². The molecule has 2 N–H and O–H groups in total. The molecule has 0 bridgehead atoms. The van der Waals surface area contributed by atoms with Gasteiger partial charge in [0.1, 0.15) is 10.7 Å². The number of rotatable bonds is 4. The van der Waals surface area contributed by atoms with Crippen LogP contribution in [0.3, 0.4) is 0 Å². The van der Waals surface area contributed by atoms with Gasteiger partial charge in [0.25, 0.3) is 0 Å². The minimum Gasteiger partial charge on any atom is -0.388 e. The molecule has 1 aliphatic rings. The van der Waals surface area contributed by atoms with Crippen LogP contribution in [0, 0.1) is 12.8 Å². The summed E-state index contributed by atoms with van der Waals surface area (Å²) in [5.41, 5.74) is 7.26. The van der Waals surface area contributed by atoms with Gasteiger partial charge in [0.05, 0.1) is 0 Å². The Balaban J connectivity index is 2.09. The fourth-order valence-electron chi connectivity index (χ4n) is 2.65. The first-order chi connectivity index (χ1) is 9.10. The molecule has 2 rings (SSSR count). The highest BCUT2D eigenvalue weighted by Crippen LogP contribution is 2.24. The summed E-state index contributed by atoms with van der Waals surface area (Å²) in [6.07, 6.45) is 5.07. The SMILES string of the molecule is CCCC1CCN(c2nc(C)cc(C(N)=S)n2)CC1. The summed E-state index contributed by atoms with van der Waals surface area (Å²) in [5.74, 6) is 1.64. The third kappa shape index (κ3) is 3.62. The lowest BCUT2D eigenvalue weighted by molar-refractivity contribution is 0.376. The first kappa shape index (κ1) is 14.2. The highest BCUT2D eigenvalue weighted by molar-refractivity contribution is 7.80. The van der Waals surface area contributed by atoms with Gasteiger partial charge in [-0.3, -0.25) is 0 Å². The van der Waals surface area contributed by atoms with E-state index in [1.54, 1.807) is 0 Å². The highest BCUT2D eigenvalue weighted by Gasteiger charge is 2.21. The summed E-state index contributed by atoms with van der Waals surface area (Å²) in [5, 5.41) is 0. The van der Waals surface area contributed by atoms with E-state index in [0.717, 1.165) is 30.6 Å². The standard InChI is InChI=1S/C14H22N4S/c1-3-4-11-5-7-18(8-6-11)14-16-10(2)9-12(17-14)13(15)19/h9,11H,3-8H2,1-2H3,(H2,15,19). The van der Waals surface area contributed by atoms with E-state index in [1.807, 2.05) is 13.0 Å². The number of aromatic nitrogens is 2. The van der Waals surface area contributed by atoms with E-state index in [9.17, 15) is 0 Å². The highest BCUT2D eigenvalue weighted by atomic mass is 32.1. The van der Waals surface area contributed by atoms with E-state index in [0.29, 0.717) is 10.7 Å². The molecule has 0 spiro atoms. The van der Waals surface area contributed by atoms with Crippen LogP contribution in [0.15, 0.2) is 6.07 Å². The van der Waals surface area contributed by atoms with E-state index >= 15 is 0 Å². The lowest BCUT2D eigenvalue weighted by Crippen LogP contribution is -2.35. The molecule has 1 aliphatic heterocycles. The molecule has 0 radical (unpaired) electrons. The molecule has 0 unspecified atom stereocenters. The molecule has 0 aromatic carbocycles. The van der Waals surface area contributed by atoms with Crippen molar-refractivity contribution < 1.29 is 0 Å². The maximum absolute atomic E-state index is 5.67. The number of thiocarbonyl (C=S) groups is 1. The minimum atomic E-state index is 0.340. The number of piperidine rings is 1. The van der Waals surface area contributed by atoms with Gasteiger partial charge in [0, 0.05) is 18.8 Å². The van der Waals surface area contributed by atoms with E-state index < -0.39 is 0 Å². The van der Waals surface area contributed by atoms with Gasteiger partial charge < -0.3 is 10.6 Å². The molecular weight excluding hydrogens is 256 g/mol. The molecule has 0 amide bonds. The Labute approximate surface area is 120 Å². The Kier molecular flexibility index (Phi) is 4.69. The van der Waals surface area contributed by atoms with Crippen molar-refractivity contribution in [3.05, 3.63) is 17.5 Å². The van der Waals surface area contributed by atoms with Gasteiger partial charge in [-0.15, -0.1) is 0 Å². The Morgan fingerprint density at radius 3 is 2.68 bits per heavy atom. The molecule has 0 saturated carbocycles. The Hall–Kier alpha value is -1.23. The van der Waals surface area contributed by atoms with Crippen LogP contribution in [-0.4, -0.2) is 28.0 Å². The molecule has 0 aliphatic carbocycles. The molecule has 0 atom stereocenters. The number of aryl methyl sites for hydroxylation is 1. The summed E-state index contributed by atoms with van der Waals surface area (Å²) in [6.45, 7) is 6.27. The lowest BCUT2D eigenvalue weighted by Gasteiger charge is -2.32. The minimum absolute atomic E-state index is 0.340. The second kappa shape index (κ2) is 6.28. The van der Waals surface area contributed by atoms with Crippen LogP contribution in [0.25, 0.3) is 0 Å². The fourth-order valence-corrected chi connectivity index (χ4v) is 2.75.